The second-order valence-corrected chi connectivity index (χ2v) is 6.03. The van der Waals surface area contributed by atoms with Gasteiger partial charge in [0.1, 0.15) is 0 Å². The third kappa shape index (κ3) is 4.62. The number of hydrogen-bond acceptors (Lipinski definition) is 0. The second-order valence-electron chi connectivity index (χ2n) is 5.62. The Bertz CT molecular complexity index is 547. The maximum Gasteiger partial charge on any atom is -0.0128 e. The Morgan fingerprint density at radius 2 is 1.25 bits per heavy atom. The molecule has 0 N–H and O–H groups in total. The van der Waals surface area contributed by atoms with Crippen molar-refractivity contribution in [1.29, 1.82) is 0 Å². The van der Waals surface area contributed by atoms with Gasteiger partial charge in [-0.05, 0) is 40.8 Å². The molecule has 0 amide bonds. The van der Waals surface area contributed by atoms with E-state index in [9.17, 15) is 0 Å². The summed E-state index contributed by atoms with van der Waals surface area (Å²) >= 11 is 0. The monoisotopic (exact) mass is 282 g/mol. The first-order valence-electron chi connectivity index (χ1n) is 7.23. The summed E-state index contributed by atoms with van der Waals surface area (Å²) in [7, 11) is 2.75. The molecule has 0 bridgehead atoms. The maximum atomic E-state index is 2.75. The van der Waals surface area contributed by atoms with Gasteiger partial charge in [0.2, 0.25) is 0 Å². The predicted molar refractivity (Wildman–Crippen MR) is 93.8 cm³/mol. The van der Waals surface area contributed by atoms with E-state index in [1.54, 1.807) is 0 Å². The van der Waals surface area contributed by atoms with Crippen molar-refractivity contribution in [2.45, 2.75) is 26.4 Å². The molecule has 2 aromatic carbocycles. The zero-order valence-corrected chi connectivity index (χ0v) is 13.5. The zero-order valence-electron chi connectivity index (χ0n) is 12.3. The van der Waals surface area contributed by atoms with Gasteiger partial charge in [-0.15, -0.1) is 9.24 Å². The summed E-state index contributed by atoms with van der Waals surface area (Å²) in [5, 5.41) is 0. The van der Waals surface area contributed by atoms with Crippen LogP contribution in [0.15, 0.2) is 48.5 Å². The lowest BCUT2D eigenvalue weighted by molar-refractivity contribution is 0.647. The van der Waals surface area contributed by atoms with Gasteiger partial charge < -0.3 is 0 Å². The van der Waals surface area contributed by atoms with E-state index in [4.69, 9.17) is 0 Å². The Morgan fingerprint density at radius 3 is 1.65 bits per heavy atom. The molecule has 0 spiro atoms. The largest absolute Gasteiger partial charge is 0.133 e. The van der Waals surface area contributed by atoms with Crippen LogP contribution in [0.5, 0.6) is 0 Å². The number of hydrogen-bond donors (Lipinski definition) is 0. The van der Waals surface area contributed by atoms with Crippen molar-refractivity contribution >= 4 is 21.4 Å². The molecule has 1 atom stereocenters. The van der Waals surface area contributed by atoms with Crippen LogP contribution in [0, 0.1) is 5.92 Å². The van der Waals surface area contributed by atoms with Crippen LogP contribution in [0.2, 0.25) is 0 Å². The maximum absolute atomic E-state index is 2.75. The van der Waals surface area contributed by atoms with E-state index in [-0.39, 0.29) is 0 Å². The summed E-state index contributed by atoms with van der Waals surface area (Å²) in [5.41, 5.74) is 5.28. The lowest BCUT2D eigenvalue weighted by atomic mass is 10.0. The van der Waals surface area contributed by atoms with E-state index < -0.39 is 0 Å². The highest BCUT2D eigenvalue weighted by Crippen LogP contribution is 2.14. The molecule has 0 aliphatic rings. The molecule has 104 valence electrons. The molecule has 0 aliphatic carbocycles. The molecule has 20 heavy (non-hydrogen) atoms. The van der Waals surface area contributed by atoms with Crippen LogP contribution < -0.4 is 0 Å². The first kappa shape index (κ1) is 15.0. The van der Waals surface area contributed by atoms with Crippen molar-refractivity contribution in [3.05, 3.63) is 70.8 Å². The smallest absolute Gasteiger partial charge is 0.0128 e. The molecule has 0 radical (unpaired) electrons. The molecule has 0 nitrogen and oxygen atoms in total. The van der Waals surface area contributed by atoms with Gasteiger partial charge in [-0.25, -0.2) is 0 Å². The Kier molecular flexibility index (Phi) is 5.56. The van der Waals surface area contributed by atoms with Crippen LogP contribution >= 0.6 is 9.24 Å². The number of rotatable bonds is 5. The summed E-state index contributed by atoms with van der Waals surface area (Å²) in [6, 6.07) is 17.6. The lowest BCUT2D eigenvalue weighted by Crippen LogP contribution is -1.93. The van der Waals surface area contributed by atoms with Gasteiger partial charge in [0.25, 0.3) is 0 Å². The second kappa shape index (κ2) is 7.41. The normalized spacial score (nSPS) is 11.4. The van der Waals surface area contributed by atoms with Crippen LogP contribution in [0.25, 0.3) is 12.2 Å². The fourth-order valence-corrected chi connectivity index (χ4v) is 2.47. The van der Waals surface area contributed by atoms with E-state index >= 15 is 0 Å². The molecule has 1 heteroatoms. The van der Waals surface area contributed by atoms with Crippen molar-refractivity contribution in [1.82, 2.24) is 0 Å². The highest BCUT2D eigenvalue weighted by molar-refractivity contribution is 7.15. The molecule has 0 aliphatic heterocycles. The van der Waals surface area contributed by atoms with Gasteiger partial charge in [0, 0.05) is 0 Å². The van der Waals surface area contributed by atoms with Gasteiger partial charge in [0.05, 0.1) is 0 Å². The third-order valence-electron chi connectivity index (χ3n) is 3.31. The highest BCUT2D eigenvalue weighted by Gasteiger charge is 1.97. The van der Waals surface area contributed by atoms with E-state index in [0.29, 0.717) is 5.92 Å². The first-order valence-corrected chi connectivity index (χ1v) is 8.05. The van der Waals surface area contributed by atoms with E-state index in [2.05, 4.69) is 83.8 Å². The molecule has 0 aromatic heterocycles. The van der Waals surface area contributed by atoms with Gasteiger partial charge in [-0.1, -0.05) is 74.5 Å². The van der Waals surface area contributed by atoms with E-state index in [1.165, 1.54) is 22.3 Å². The Hall–Kier alpha value is -1.39. The standard InChI is InChI=1S/C19H23P/c1-15(2)13-18-9-5-16(6-10-18)3-4-17-7-11-19(14-20)12-8-17/h3-12,15H,13-14,20H2,1-2H3/b4-3+. The Labute approximate surface area is 125 Å². The minimum Gasteiger partial charge on any atom is -0.133 e. The highest BCUT2D eigenvalue weighted by atomic mass is 31.0. The zero-order chi connectivity index (χ0) is 14.4. The van der Waals surface area contributed by atoms with Crippen LogP contribution in [-0.4, -0.2) is 0 Å². The molecule has 2 aromatic rings. The summed E-state index contributed by atoms with van der Waals surface area (Å²) in [5.74, 6) is 0.714. The molecular weight excluding hydrogens is 259 g/mol. The van der Waals surface area contributed by atoms with Crippen LogP contribution in [0.4, 0.5) is 0 Å². The van der Waals surface area contributed by atoms with Gasteiger partial charge in [0.15, 0.2) is 0 Å². The molecule has 0 heterocycles. The van der Waals surface area contributed by atoms with Crippen LogP contribution in [0.3, 0.4) is 0 Å². The topological polar surface area (TPSA) is 0 Å². The summed E-state index contributed by atoms with van der Waals surface area (Å²) < 4.78 is 0. The molecule has 0 fully saturated rings. The predicted octanol–water partition coefficient (Wildman–Crippen LogP) is 5.43. The Morgan fingerprint density at radius 1 is 0.800 bits per heavy atom. The summed E-state index contributed by atoms with van der Waals surface area (Å²) in [4.78, 5) is 0. The van der Waals surface area contributed by atoms with Crippen molar-refractivity contribution in [2.24, 2.45) is 5.92 Å². The van der Waals surface area contributed by atoms with Gasteiger partial charge in [-0.3, -0.25) is 0 Å². The molecule has 0 saturated heterocycles. The van der Waals surface area contributed by atoms with Gasteiger partial charge >= 0.3 is 0 Å². The molecule has 0 saturated carbocycles. The van der Waals surface area contributed by atoms with Crippen molar-refractivity contribution in [3.8, 4) is 0 Å². The lowest BCUT2D eigenvalue weighted by Gasteiger charge is -2.04. The minimum absolute atomic E-state index is 0.714. The fourth-order valence-electron chi connectivity index (χ4n) is 2.19. The minimum atomic E-state index is 0.714. The van der Waals surface area contributed by atoms with Crippen molar-refractivity contribution < 1.29 is 0 Å². The average molecular weight is 282 g/mol. The van der Waals surface area contributed by atoms with Crippen LogP contribution in [-0.2, 0) is 12.6 Å². The summed E-state index contributed by atoms with van der Waals surface area (Å²) in [6.45, 7) is 4.51. The number of benzene rings is 2. The molecular formula is C19H23P. The summed E-state index contributed by atoms with van der Waals surface area (Å²) in [6.07, 6.45) is 6.51. The quantitative estimate of drug-likeness (QED) is 0.506. The first-order chi connectivity index (χ1) is 9.67. The molecule has 1 unspecified atom stereocenters. The third-order valence-corrected chi connectivity index (χ3v) is 3.78. The SMILES string of the molecule is CC(C)Cc1ccc(/C=C/c2ccc(CP)cc2)cc1. The van der Waals surface area contributed by atoms with Gasteiger partial charge in [-0.2, -0.15) is 0 Å². The van der Waals surface area contributed by atoms with Crippen LogP contribution in [0.1, 0.15) is 36.1 Å². The van der Waals surface area contributed by atoms with Crippen molar-refractivity contribution in [2.75, 3.05) is 0 Å². The van der Waals surface area contributed by atoms with Crippen molar-refractivity contribution in [3.63, 3.8) is 0 Å². The Balaban J connectivity index is 2.03. The fraction of sp³-hybridized carbons (Fsp3) is 0.263. The van der Waals surface area contributed by atoms with E-state index in [0.717, 1.165) is 12.6 Å². The average Bonchev–Trinajstić information content (AvgIpc) is 2.46. The molecule has 2 rings (SSSR count). The van der Waals surface area contributed by atoms with E-state index in [1.807, 2.05) is 0 Å².